The van der Waals surface area contributed by atoms with Crippen molar-refractivity contribution in [1.82, 2.24) is 0 Å². The number of nitro benzene ring substituents is 2. The highest BCUT2D eigenvalue weighted by Gasteiger charge is 2.27. The SMILES string of the molecule is O=[N+]([O-])c1c[c]cc([N+](=O)[O-])c1-c1ccccc1Cl. The zero-order valence-electron chi connectivity index (χ0n) is 9.37. The number of nitrogens with zero attached hydrogens (tertiary/aromatic N) is 2. The Morgan fingerprint density at radius 1 is 1.00 bits per heavy atom. The van der Waals surface area contributed by atoms with Crippen molar-refractivity contribution < 1.29 is 9.85 Å². The predicted molar refractivity (Wildman–Crippen MR) is 69.0 cm³/mol. The van der Waals surface area contributed by atoms with Crippen molar-refractivity contribution in [2.45, 2.75) is 0 Å². The van der Waals surface area contributed by atoms with E-state index in [1.165, 1.54) is 12.1 Å². The van der Waals surface area contributed by atoms with Gasteiger partial charge in [-0.2, -0.15) is 0 Å². The van der Waals surface area contributed by atoms with Crippen LogP contribution in [0.2, 0.25) is 5.02 Å². The zero-order valence-corrected chi connectivity index (χ0v) is 10.1. The van der Waals surface area contributed by atoms with Crippen LogP contribution in [0.3, 0.4) is 0 Å². The Labute approximate surface area is 112 Å². The molecule has 0 saturated carbocycles. The molecule has 0 atom stereocenters. The number of halogens is 1. The molecule has 2 rings (SSSR count). The molecule has 6 nitrogen and oxygen atoms in total. The van der Waals surface area contributed by atoms with Gasteiger partial charge in [-0.25, -0.2) is 0 Å². The molecule has 0 aromatic heterocycles. The lowest BCUT2D eigenvalue weighted by molar-refractivity contribution is -0.392. The predicted octanol–water partition coefficient (Wildman–Crippen LogP) is 3.62. The number of hydrogen-bond donors (Lipinski definition) is 0. The topological polar surface area (TPSA) is 86.3 Å². The Balaban J connectivity index is 2.83. The summed E-state index contributed by atoms with van der Waals surface area (Å²) in [5.41, 5.74) is -0.666. The molecular weight excluding hydrogens is 272 g/mol. The molecule has 0 N–H and O–H groups in total. The van der Waals surface area contributed by atoms with Crippen LogP contribution in [0.25, 0.3) is 11.1 Å². The molecule has 1 radical (unpaired) electrons. The van der Waals surface area contributed by atoms with Gasteiger partial charge in [0.05, 0.1) is 9.85 Å². The van der Waals surface area contributed by atoms with E-state index < -0.39 is 21.2 Å². The average molecular weight is 278 g/mol. The number of nitro groups is 2. The van der Waals surface area contributed by atoms with Gasteiger partial charge in [0.1, 0.15) is 5.56 Å². The standard InChI is InChI=1S/C12H6ClN2O4/c13-9-5-2-1-4-8(9)12-10(14(16)17)6-3-7-11(12)15(18)19/h1-2,4-7H. The van der Waals surface area contributed by atoms with E-state index in [1.807, 2.05) is 0 Å². The Bertz CT molecular complexity index is 640. The lowest BCUT2D eigenvalue weighted by Crippen LogP contribution is -1.98. The van der Waals surface area contributed by atoms with E-state index in [0.29, 0.717) is 0 Å². The number of hydrogen-bond acceptors (Lipinski definition) is 4. The fourth-order valence-electron chi connectivity index (χ4n) is 1.70. The molecule has 0 unspecified atom stereocenters. The van der Waals surface area contributed by atoms with Crippen LogP contribution in [0.5, 0.6) is 0 Å². The van der Waals surface area contributed by atoms with Gasteiger partial charge >= 0.3 is 0 Å². The first-order valence-electron chi connectivity index (χ1n) is 5.10. The molecule has 95 valence electrons. The maximum Gasteiger partial charge on any atom is 0.284 e. The molecule has 0 saturated heterocycles. The Hall–Kier alpha value is -2.47. The summed E-state index contributed by atoms with van der Waals surface area (Å²) in [5.74, 6) is 0. The molecule has 0 fully saturated rings. The third-order valence-electron chi connectivity index (χ3n) is 2.49. The van der Waals surface area contributed by atoms with E-state index in [9.17, 15) is 20.2 Å². The first-order chi connectivity index (χ1) is 9.02. The molecule has 0 spiro atoms. The minimum atomic E-state index is -0.692. The minimum absolute atomic E-state index is 0.112. The van der Waals surface area contributed by atoms with Gasteiger partial charge in [0.25, 0.3) is 11.4 Å². The van der Waals surface area contributed by atoms with Gasteiger partial charge in [-0.1, -0.05) is 29.8 Å². The molecule has 0 bridgehead atoms. The highest BCUT2D eigenvalue weighted by atomic mass is 35.5. The molecular formula is C12H6ClN2O4. The van der Waals surface area contributed by atoms with E-state index in [2.05, 4.69) is 6.07 Å². The summed E-state index contributed by atoms with van der Waals surface area (Å²) in [4.78, 5) is 20.6. The Kier molecular flexibility index (Phi) is 3.43. The van der Waals surface area contributed by atoms with Crippen molar-refractivity contribution in [2.24, 2.45) is 0 Å². The summed E-state index contributed by atoms with van der Waals surface area (Å²) < 4.78 is 0. The molecule has 0 aliphatic carbocycles. The first kappa shape index (κ1) is 13.0. The molecule has 0 aliphatic heterocycles. The highest BCUT2D eigenvalue weighted by Crippen LogP contribution is 2.40. The van der Waals surface area contributed by atoms with Crippen LogP contribution < -0.4 is 0 Å². The lowest BCUT2D eigenvalue weighted by Gasteiger charge is -2.05. The van der Waals surface area contributed by atoms with Gasteiger partial charge < -0.3 is 0 Å². The molecule has 2 aromatic rings. The highest BCUT2D eigenvalue weighted by molar-refractivity contribution is 6.33. The first-order valence-corrected chi connectivity index (χ1v) is 5.48. The summed E-state index contributed by atoms with van der Waals surface area (Å²) in [7, 11) is 0. The van der Waals surface area contributed by atoms with E-state index in [1.54, 1.807) is 12.1 Å². The molecule has 0 heterocycles. The number of rotatable bonds is 3. The van der Waals surface area contributed by atoms with Crippen LogP contribution in [0.15, 0.2) is 36.4 Å². The van der Waals surface area contributed by atoms with E-state index >= 15 is 0 Å². The summed E-state index contributed by atoms with van der Waals surface area (Å²) in [5, 5.41) is 22.2. The zero-order chi connectivity index (χ0) is 14.0. The van der Waals surface area contributed by atoms with Crippen molar-refractivity contribution >= 4 is 23.0 Å². The number of benzene rings is 2. The maximum atomic E-state index is 11.0. The second-order valence-electron chi connectivity index (χ2n) is 3.59. The maximum absolute atomic E-state index is 11.0. The van der Waals surface area contributed by atoms with E-state index in [-0.39, 0.29) is 16.1 Å². The quantitative estimate of drug-likeness (QED) is 0.633. The lowest BCUT2D eigenvalue weighted by atomic mass is 10.0. The van der Waals surface area contributed by atoms with Crippen LogP contribution in [-0.4, -0.2) is 9.85 Å². The van der Waals surface area contributed by atoms with Gasteiger partial charge in [-0.15, -0.1) is 0 Å². The van der Waals surface area contributed by atoms with Gasteiger partial charge in [0.2, 0.25) is 0 Å². The van der Waals surface area contributed by atoms with Crippen molar-refractivity contribution in [2.75, 3.05) is 0 Å². The molecule has 7 heteroatoms. The third-order valence-corrected chi connectivity index (χ3v) is 2.82. The Morgan fingerprint density at radius 2 is 1.53 bits per heavy atom. The second kappa shape index (κ2) is 5.03. The summed E-state index contributed by atoms with van der Waals surface area (Å²) in [6.45, 7) is 0. The second-order valence-corrected chi connectivity index (χ2v) is 4.00. The van der Waals surface area contributed by atoms with Crippen LogP contribution in [0.1, 0.15) is 0 Å². The fourth-order valence-corrected chi connectivity index (χ4v) is 1.93. The molecule has 19 heavy (non-hydrogen) atoms. The van der Waals surface area contributed by atoms with Crippen LogP contribution in [-0.2, 0) is 0 Å². The van der Waals surface area contributed by atoms with E-state index in [4.69, 9.17) is 11.6 Å². The van der Waals surface area contributed by atoms with Crippen LogP contribution >= 0.6 is 11.6 Å². The van der Waals surface area contributed by atoms with Crippen LogP contribution in [0, 0.1) is 26.3 Å². The largest absolute Gasteiger partial charge is 0.284 e. The van der Waals surface area contributed by atoms with Gasteiger partial charge in [-0.05, 0) is 12.1 Å². The molecule has 0 amide bonds. The van der Waals surface area contributed by atoms with Gasteiger partial charge in [0, 0.05) is 22.7 Å². The van der Waals surface area contributed by atoms with Crippen LogP contribution in [0.4, 0.5) is 11.4 Å². The fraction of sp³-hybridized carbons (Fsp3) is 0. The normalized spacial score (nSPS) is 10.2. The molecule has 2 aromatic carbocycles. The smallest absolute Gasteiger partial charge is 0.258 e. The monoisotopic (exact) mass is 277 g/mol. The van der Waals surface area contributed by atoms with Crippen molar-refractivity contribution in [3.63, 3.8) is 0 Å². The van der Waals surface area contributed by atoms with E-state index in [0.717, 1.165) is 12.1 Å². The third kappa shape index (κ3) is 2.38. The molecule has 0 aliphatic rings. The summed E-state index contributed by atoms with van der Waals surface area (Å²) >= 11 is 5.96. The van der Waals surface area contributed by atoms with Crippen molar-refractivity contribution in [3.8, 4) is 11.1 Å². The van der Waals surface area contributed by atoms with Gasteiger partial charge in [-0.3, -0.25) is 20.2 Å². The summed E-state index contributed by atoms with van der Waals surface area (Å²) in [6.07, 6.45) is 0. The van der Waals surface area contributed by atoms with Gasteiger partial charge in [0.15, 0.2) is 0 Å². The van der Waals surface area contributed by atoms with Crippen molar-refractivity contribution in [3.05, 3.63) is 67.7 Å². The van der Waals surface area contributed by atoms with Crippen molar-refractivity contribution in [1.29, 1.82) is 0 Å². The summed E-state index contributed by atoms with van der Waals surface area (Å²) in [6, 6.07) is 10.8. The minimum Gasteiger partial charge on any atom is -0.258 e. The average Bonchev–Trinajstić information content (AvgIpc) is 2.38. The Morgan fingerprint density at radius 3 is 2.00 bits per heavy atom.